The van der Waals surface area contributed by atoms with Crippen LogP contribution in [0.2, 0.25) is 0 Å². The molecule has 4 nitrogen and oxygen atoms in total. The second-order valence-corrected chi connectivity index (χ2v) is 4.94. The fraction of sp³-hybridized carbons (Fsp3) is 0.417. The quantitative estimate of drug-likeness (QED) is 0.683. The smallest absolute Gasteiger partial charge is 0.251 e. The Morgan fingerprint density at radius 2 is 1.82 bits per heavy atom. The van der Waals surface area contributed by atoms with Crippen molar-refractivity contribution in [3.8, 4) is 0 Å². The zero-order chi connectivity index (χ0) is 12.9. The second kappa shape index (κ2) is 6.05. The fourth-order valence-electron chi connectivity index (χ4n) is 1.22. The van der Waals surface area contributed by atoms with Gasteiger partial charge in [0.2, 0.25) is 0 Å². The van der Waals surface area contributed by atoms with Crippen molar-refractivity contribution in [2.24, 2.45) is 0 Å². The van der Waals surface area contributed by atoms with Gasteiger partial charge in [0.05, 0.1) is 18.8 Å². The number of carbonyl (C=O) groups is 1. The minimum absolute atomic E-state index is 0.303. The highest BCUT2D eigenvalue weighted by molar-refractivity contribution is 7.98. The summed E-state index contributed by atoms with van der Waals surface area (Å²) in [7, 11) is 0. The van der Waals surface area contributed by atoms with Gasteiger partial charge < -0.3 is 15.5 Å². The summed E-state index contributed by atoms with van der Waals surface area (Å²) >= 11 is 1.60. The molecule has 0 spiro atoms. The van der Waals surface area contributed by atoms with E-state index in [0.717, 1.165) is 4.90 Å². The Bertz CT molecular complexity index is 374. The first kappa shape index (κ1) is 14.0. The molecule has 0 aromatic heterocycles. The number of amides is 1. The maximum absolute atomic E-state index is 11.8. The van der Waals surface area contributed by atoms with Crippen LogP contribution < -0.4 is 5.32 Å². The van der Waals surface area contributed by atoms with Crippen LogP contribution in [-0.2, 0) is 0 Å². The summed E-state index contributed by atoms with van der Waals surface area (Å²) in [6.45, 7) is 0.970. The Labute approximate surface area is 105 Å². The lowest BCUT2D eigenvalue weighted by Crippen LogP contribution is -2.51. The molecule has 5 heteroatoms. The van der Waals surface area contributed by atoms with E-state index >= 15 is 0 Å². The highest BCUT2D eigenvalue weighted by Crippen LogP contribution is 2.15. The van der Waals surface area contributed by atoms with E-state index in [2.05, 4.69) is 5.32 Å². The Hall–Kier alpha value is -1.04. The second-order valence-electron chi connectivity index (χ2n) is 4.06. The van der Waals surface area contributed by atoms with E-state index in [-0.39, 0.29) is 19.1 Å². The van der Waals surface area contributed by atoms with Crippen LogP contribution in [-0.4, -0.2) is 41.1 Å². The Balaban J connectivity index is 2.75. The first-order chi connectivity index (χ1) is 8.04. The minimum Gasteiger partial charge on any atom is -0.394 e. The van der Waals surface area contributed by atoms with Crippen LogP contribution in [0, 0.1) is 0 Å². The number of aliphatic hydroxyl groups is 2. The molecule has 94 valence electrons. The number of aliphatic hydroxyl groups excluding tert-OH is 2. The zero-order valence-corrected chi connectivity index (χ0v) is 10.8. The standard InChI is InChI=1S/C12H17NO3S/c1-12(7-14,8-15)13-11(16)9-3-5-10(17-2)6-4-9/h3-6,14-15H,7-8H2,1-2H3,(H,13,16). The van der Waals surface area contributed by atoms with Gasteiger partial charge in [-0.05, 0) is 37.4 Å². The third kappa shape index (κ3) is 3.73. The lowest BCUT2D eigenvalue weighted by molar-refractivity contribution is 0.0724. The van der Waals surface area contributed by atoms with Crippen LogP contribution >= 0.6 is 11.8 Å². The Kier molecular flexibility index (Phi) is 4.99. The highest BCUT2D eigenvalue weighted by atomic mass is 32.2. The van der Waals surface area contributed by atoms with E-state index < -0.39 is 5.54 Å². The summed E-state index contributed by atoms with van der Waals surface area (Å²) < 4.78 is 0. The van der Waals surface area contributed by atoms with Gasteiger partial charge in [-0.3, -0.25) is 4.79 Å². The Morgan fingerprint density at radius 1 is 1.29 bits per heavy atom. The van der Waals surface area contributed by atoms with Gasteiger partial charge in [0.1, 0.15) is 0 Å². The maximum atomic E-state index is 11.8. The van der Waals surface area contributed by atoms with Gasteiger partial charge in [0.25, 0.3) is 5.91 Å². The zero-order valence-electron chi connectivity index (χ0n) is 9.93. The van der Waals surface area contributed by atoms with E-state index in [9.17, 15) is 4.79 Å². The number of thioether (sulfide) groups is 1. The van der Waals surface area contributed by atoms with Crippen LogP contribution in [0.25, 0.3) is 0 Å². The third-order valence-electron chi connectivity index (χ3n) is 2.47. The molecule has 1 aromatic rings. The summed E-state index contributed by atoms with van der Waals surface area (Å²) in [5, 5.41) is 20.8. The summed E-state index contributed by atoms with van der Waals surface area (Å²) in [4.78, 5) is 12.9. The molecular weight excluding hydrogens is 238 g/mol. The number of hydrogen-bond donors (Lipinski definition) is 3. The number of hydrogen-bond acceptors (Lipinski definition) is 4. The molecule has 0 aliphatic rings. The molecule has 0 radical (unpaired) electrons. The van der Waals surface area contributed by atoms with E-state index in [1.54, 1.807) is 30.8 Å². The molecule has 17 heavy (non-hydrogen) atoms. The number of carbonyl (C=O) groups excluding carboxylic acids is 1. The topological polar surface area (TPSA) is 69.6 Å². The van der Waals surface area contributed by atoms with Crippen LogP contribution in [0.4, 0.5) is 0 Å². The first-order valence-electron chi connectivity index (χ1n) is 5.23. The van der Waals surface area contributed by atoms with E-state index in [0.29, 0.717) is 5.56 Å². The van der Waals surface area contributed by atoms with Crippen molar-refractivity contribution in [3.63, 3.8) is 0 Å². The first-order valence-corrected chi connectivity index (χ1v) is 6.45. The predicted molar refractivity (Wildman–Crippen MR) is 68.3 cm³/mol. The molecule has 0 aliphatic carbocycles. The van der Waals surface area contributed by atoms with E-state index in [1.165, 1.54) is 0 Å². The number of nitrogens with one attached hydrogen (secondary N) is 1. The molecule has 1 aromatic carbocycles. The van der Waals surface area contributed by atoms with Crippen molar-refractivity contribution in [2.75, 3.05) is 19.5 Å². The summed E-state index contributed by atoms with van der Waals surface area (Å²) in [6, 6.07) is 7.15. The molecule has 0 bridgehead atoms. The summed E-state index contributed by atoms with van der Waals surface area (Å²) in [5.41, 5.74) is -0.481. The van der Waals surface area contributed by atoms with Crippen molar-refractivity contribution >= 4 is 17.7 Å². The monoisotopic (exact) mass is 255 g/mol. The molecule has 0 saturated heterocycles. The van der Waals surface area contributed by atoms with Crippen molar-refractivity contribution in [3.05, 3.63) is 29.8 Å². The molecule has 0 unspecified atom stereocenters. The molecule has 0 saturated carbocycles. The summed E-state index contributed by atoms with van der Waals surface area (Å²) in [6.07, 6.45) is 1.96. The number of rotatable bonds is 5. The molecular formula is C12H17NO3S. The van der Waals surface area contributed by atoms with E-state index in [1.807, 2.05) is 18.4 Å². The molecule has 1 amide bonds. The van der Waals surface area contributed by atoms with Gasteiger partial charge in [-0.15, -0.1) is 11.8 Å². The molecule has 1 rings (SSSR count). The molecule has 0 fully saturated rings. The lowest BCUT2D eigenvalue weighted by Gasteiger charge is -2.26. The van der Waals surface area contributed by atoms with Gasteiger partial charge in [-0.2, -0.15) is 0 Å². The van der Waals surface area contributed by atoms with Gasteiger partial charge in [-0.25, -0.2) is 0 Å². The lowest BCUT2D eigenvalue weighted by atomic mass is 10.0. The van der Waals surface area contributed by atoms with Gasteiger partial charge in [-0.1, -0.05) is 0 Å². The minimum atomic E-state index is -0.991. The van der Waals surface area contributed by atoms with Crippen molar-refractivity contribution in [1.82, 2.24) is 5.32 Å². The SMILES string of the molecule is CSc1ccc(C(=O)NC(C)(CO)CO)cc1. The molecule has 0 heterocycles. The maximum Gasteiger partial charge on any atom is 0.251 e. The third-order valence-corrected chi connectivity index (χ3v) is 3.21. The van der Waals surface area contributed by atoms with Gasteiger partial charge in [0, 0.05) is 10.5 Å². The Morgan fingerprint density at radius 3 is 2.24 bits per heavy atom. The van der Waals surface area contributed by atoms with Crippen LogP contribution in [0.5, 0.6) is 0 Å². The normalized spacial score (nSPS) is 11.3. The van der Waals surface area contributed by atoms with Crippen LogP contribution in [0.15, 0.2) is 29.2 Å². The number of benzene rings is 1. The average molecular weight is 255 g/mol. The van der Waals surface area contributed by atoms with Crippen molar-refractivity contribution in [2.45, 2.75) is 17.4 Å². The largest absolute Gasteiger partial charge is 0.394 e. The predicted octanol–water partition coefficient (Wildman–Crippen LogP) is 0.882. The highest BCUT2D eigenvalue weighted by Gasteiger charge is 2.24. The fourth-order valence-corrected chi connectivity index (χ4v) is 1.63. The van der Waals surface area contributed by atoms with Gasteiger partial charge >= 0.3 is 0 Å². The molecule has 3 N–H and O–H groups in total. The average Bonchev–Trinajstić information content (AvgIpc) is 2.38. The van der Waals surface area contributed by atoms with Crippen LogP contribution in [0.1, 0.15) is 17.3 Å². The molecule has 0 aliphatic heterocycles. The molecule has 0 atom stereocenters. The van der Waals surface area contributed by atoms with Crippen molar-refractivity contribution < 1.29 is 15.0 Å². The van der Waals surface area contributed by atoms with Gasteiger partial charge in [0.15, 0.2) is 0 Å². The van der Waals surface area contributed by atoms with E-state index in [4.69, 9.17) is 10.2 Å². The van der Waals surface area contributed by atoms with Crippen LogP contribution in [0.3, 0.4) is 0 Å². The summed E-state index contributed by atoms with van der Waals surface area (Å²) in [5.74, 6) is -0.303. The van der Waals surface area contributed by atoms with Crippen molar-refractivity contribution in [1.29, 1.82) is 0 Å².